The molecular formula is C9H14N4O2. The average molecular weight is 210 g/mol. The second-order valence-electron chi connectivity index (χ2n) is 3.14. The van der Waals surface area contributed by atoms with Crippen molar-refractivity contribution in [2.75, 3.05) is 27.2 Å². The molecule has 0 aromatic carbocycles. The van der Waals surface area contributed by atoms with Gasteiger partial charge in [0.25, 0.3) is 11.5 Å². The third kappa shape index (κ3) is 3.17. The zero-order valence-corrected chi connectivity index (χ0v) is 8.78. The topological polar surface area (TPSA) is 78.1 Å². The van der Waals surface area contributed by atoms with Crippen molar-refractivity contribution in [3.63, 3.8) is 0 Å². The molecule has 0 aliphatic heterocycles. The molecule has 0 saturated heterocycles. The molecule has 0 aliphatic rings. The highest BCUT2D eigenvalue weighted by Crippen LogP contribution is 1.95. The Labute approximate surface area is 87.3 Å². The van der Waals surface area contributed by atoms with E-state index >= 15 is 0 Å². The highest BCUT2D eigenvalue weighted by atomic mass is 16.2. The Morgan fingerprint density at radius 1 is 1.60 bits per heavy atom. The van der Waals surface area contributed by atoms with Crippen LogP contribution in [0.1, 0.15) is 10.5 Å². The van der Waals surface area contributed by atoms with Crippen LogP contribution in [0.2, 0.25) is 0 Å². The molecule has 2 N–H and O–H groups in total. The summed E-state index contributed by atoms with van der Waals surface area (Å²) in [5.74, 6) is -0.207. The summed E-state index contributed by atoms with van der Waals surface area (Å²) in [5, 5.41) is 8.82. The van der Waals surface area contributed by atoms with E-state index in [0.717, 1.165) is 0 Å². The molecule has 1 rings (SSSR count). The van der Waals surface area contributed by atoms with Crippen molar-refractivity contribution in [1.82, 2.24) is 20.4 Å². The minimum atomic E-state index is -0.315. The maximum atomic E-state index is 11.7. The normalized spacial score (nSPS) is 10.0. The van der Waals surface area contributed by atoms with Crippen LogP contribution in [0.15, 0.2) is 16.9 Å². The lowest BCUT2D eigenvalue weighted by Gasteiger charge is -2.15. The van der Waals surface area contributed by atoms with Gasteiger partial charge in [0, 0.05) is 26.2 Å². The van der Waals surface area contributed by atoms with Crippen molar-refractivity contribution in [3.8, 4) is 0 Å². The number of hydrogen-bond acceptors (Lipinski definition) is 4. The highest BCUT2D eigenvalue weighted by Gasteiger charge is 2.12. The van der Waals surface area contributed by atoms with E-state index in [1.54, 1.807) is 7.05 Å². The SMILES string of the molecule is CNCCN(C)C(=O)c1ccc(=O)[nH]n1. The average Bonchev–Trinajstić information content (AvgIpc) is 2.26. The number of aromatic amines is 1. The van der Waals surface area contributed by atoms with Crippen molar-refractivity contribution >= 4 is 5.91 Å². The zero-order chi connectivity index (χ0) is 11.3. The van der Waals surface area contributed by atoms with Crippen LogP contribution in [-0.4, -0.2) is 48.2 Å². The summed E-state index contributed by atoms with van der Waals surface area (Å²) in [5.41, 5.74) is -0.0716. The number of carbonyl (C=O) groups is 1. The van der Waals surface area contributed by atoms with Crippen LogP contribution in [0.3, 0.4) is 0 Å². The van der Waals surface area contributed by atoms with Gasteiger partial charge in [0.2, 0.25) is 0 Å². The number of likely N-dealkylation sites (N-methyl/N-ethyl adjacent to an activating group) is 2. The Morgan fingerprint density at radius 2 is 2.33 bits per heavy atom. The molecule has 1 aromatic heterocycles. The molecule has 1 heterocycles. The van der Waals surface area contributed by atoms with Crippen molar-refractivity contribution < 1.29 is 4.79 Å². The molecule has 0 bridgehead atoms. The Kier molecular flexibility index (Phi) is 3.99. The third-order valence-corrected chi connectivity index (χ3v) is 1.94. The molecule has 0 saturated carbocycles. The second-order valence-corrected chi connectivity index (χ2v) is 3.14. The molecule has 1 aromatic rings. The molecule has 0 atom stereocenters. The summed E-state index contributed by atoms with van der Waals surface area (Å²) in [4.78, 5) is 23.9. The van der Waals surface area contributed by atoms with E-state index in [1.165, 1.54) is 17.0 Å². The molecular weight excluding hydrogens is 196 g/mol. The Bertz CT molecular complexity index is 367. The van der Waals surface area contributed by atoms with Crippen LogP contribution >= 0.6 is 0 Å². The van der Waals surface area contributed by atoms with Gasteiger partial charge in [-0.25, -0.2) is 5.10 Å². The lowest BCUT2D eigenvalue weighted by Crippen LogP contribution is -2.33. The van der Waals surface area contributed by atoms with E-state index in [1.807, 2.05) is 7.05 Å². The van der Waals surface area contributed by atoms with Gasteiger partial charge in [0.15, 0.2) is 0 Å². The van der Waals surface area contributed by atoms with E-state index in [4.69, 9.17) is 0 Å². The van der Waals surface area contributed by atoms with E-state index < -0.39 is 0 Å². The standard InChI is InChI=1S/C9H14N4O2/c1-10-5-6-13(2)9(15)7-3-4-8(14)12-11-7/h3-4,10H,5-6H2,1-2H3,(H,12,14). The maximum Gasteiger partial charge on any atom is 0.274 e. The van der Waals surface area contributed by atoms with Gasteiger partial charge >= 0.3 is 0 Å². The first-order valence-electron chi connectivity index (χ1n) is 4.61. The lowest BCUT2D eigenvalue weighted by molar-refractivity contribution is 0.0790. The summed E-state index contributed by atoms with van der Waals surface area (Å²) < 4.78 is 0. The third-order valence-electron chi connectivity index (χ3n) is 1.94. The van der Waals surface area contributed by atoms with Gasteiger partial charge in [-0.15, -0.1) is 0 Å². The largest absolute Gasteiger partial charge is 0.339 e. The van der Waals surface area contributed by atoms with Crippen LogP contribution in [0.5, 0.6) is 0 Å². The monoisotopic (exact) mass is 210 g/mol. The highest BCUT2D eigenvalue weighted by molar-refractivity contribution is 5.91. The Morgan fingerprint density at radius 3 is 2.87 bits per heavy atom. The van der Waals surface area contributed by atoms with Gasteiger partial charge in [0.05, 0.1) is 0 Å². The van der Waals surface area contributed by atoms with E-state index in [-0.39, 0.29) is 17.2 Å². The number of amides is 1. The predicted octanol–water partition coefficient (Wildman–Crippen LogP) is -0.939. The van der Waals surface area contributed by atoms with Gasteiger partial charge in [-0.05, 0) is 13.1 Å². The molecule has 0 radical (unpaired) electrons. The summed E-state index contributed by atoms with van der Waals surface area (Å²) >= 11 is 0. The first-order valence-corrected chi connectivity index (χ1v) is 4.61. The van der Waals surface area contributed by atoms with Gasteiger partial charge < -0.3 is 10.2 Å². The molecule has 0 aliphatic carbocycles. The zero-order valence-electron chi connectivity index (χ0n) is 8.78. The first-order chi connectivity index (χ1) is 7.15. The molecule has 82 valence electrons. The summed E-state index contributed by atoms with van der Waals surface area (Å²) in [6.07, 6.45) is 0. The second kappa shape index (κ2) is 5.26. The number of H-pyrrole nitrogens is 1. The predicted molar refractivity (Wildman–Crippen MR) is 55.7 cm³/mol. The molecule has 15 heavy (non-hydrogen) atoms. The summed E-state index contributed by atoms with van der Waals surface area (Å²) in [6, 6.07) is 2.70. The minimum absolute atomic E-state index is 0.207. The van der Waals surface area contributed by atoms with Crippen molar-refractivity contribution in [1.29, 1.82) is 0 Å². The summed E-state index contributed by atoms with van der Waals surface area (Å²) in [7, 11) is 3.50. The van der Waals surface area contributed by atoms with E-state index in [9.17, 15) is 9.59 Å². The van der Waals surface area contributed by atoms with Crippen molar-refractivity contribution in [2.45, 2.75) is 0 Å². The molecule has 0 unspecified atom stereocenters. The molecule has 6 nitrogen and oxygen atoms in total. The first kappa shape index (κ1) is 11.4. The fourth-order valence-electron chi connectivity index (χ4n) is 1.04. The van der Waals surface area contributed by atoms with Crippen LogP contribution in [-0.2, 0) is 0 Å². The quantitative estimate of drug-likeness (QED) is 0.672. The van der Waals surface area contributed by atoms with Gasteiger partial charge in [-0.1, -0.05) is 0 Å². The minimum Gasteiger partial charge on any atom is -0.339 e. The number of hydrogen-bond donors (Lipinski definition) is 2. The van der Waals surface area contributed by atoms with Gasteiger partial charge in [-0.2, -0.15) is 5.10 Å². The number of carbonyl (C=O) groups excluding carboxylic acids is 1. The summed E-state index contributed by atoms with van der Waals surface area (Å²) in [6.45, 7) is 1.31. The van der Waals surface area contributed by atoms with E-state index in [0.29, 0.717) is 13.1 Å². The molecule has 0 spiro atoms. The molecule has 1 amide bonds. The van der Waals surface area contributed by atoms with Crippen molar-refractivity contribution in [3.05, 3.63) is 28.2 Å². The smallest absolute Gasteiger partial charge is 0.274 e. The fraction of sp³-hybridized carbons (Fsp3) is 0.444. The number of rotatable bonds is 4. The van der Waals surface area contributed by atoms with Crippen LogP contribution in [0, 0.1) is 0 Å². The number of nitrogens with one attached hydrogen (secondary N) is 2. The lowest BCUT2D eigenvalue weighted by atomic mass is 10.3. The Balaban J connectivity index is 2.67. The number of aromatic nitrogens is 2. The van der Waals surface area contributed by atoms with Gasteiger partial charge in [0.1, 0.15) is 5.69 Å². The number of nitrogens with zero attached hydrogens (tertiary/aromatic N) is 2. The fourth-order valence-corrected chi connectivity index (χ4v) is 1.04. The molecule has 6 heteroatoms. The van der Waals surface area contributed by atoms with Crippen LogP contribution in [0.4, 0.5) is 0 Å². The van der Waals surface area contributed by atoms with E-state index in [2.05, 4.69) is 15.5 Å². The van der Waals surface area contributed by atoms with Crippen LogP contribution in [0.25, 0.3) is 0 Å². The van der Waals surface area contributed by atoms with Gasteiger partial charge in [-0.3, -0.25) is 9.59 Å². The Hall–Kier alpha value is -1.69. The molecule has 0 fully saturated rings. The van der Waals surface area contributed by atoms with Crippen molar-refractivity contribution in [2.24, 2.45) is 0 Å². The van der Waals surface area contributed by atoms with Crippen LogP contribution < -0.4 is 10.9 Å². The maximum absolute atomic E-state index is 11.7.